The molecule has 0 spiro atoms. The molecule has 1 N–H and O–H groups in total. The predicted molar refractivity (Wildman–Crippen MR) is 116 cm³/mol. The first-order valence-corrected chi connectivity index (χ1v) is 10.5. The fraction of sp³-hybridized carbons (Fsp3) is 0.208. The number of ether oxygens (including phenoxy) is 2. The molecule has 6 nitrogen and oxygen atoms in total. The SMILES string of the molecule is O=C(Cc1ccc(C(F)(F)F)nc1)c1ccc(Oc2cc3c(cc2Cl)C(C(=O)O)CCO3)cc1. The number of alkyl halides is 3. The van der Waals surface area contributed by atoms with Crippen LogP contribution >= 0.6 is 11.6 Å². The van der Waals surface area contributed by atoms with Crippen LogP contribution in [0.1, 0.15) is 39.5 Å². The average molecular weight is 492 g/mol. The molecule has 176 valence electrons. The molecule has 0 radical (unpaired) electrons. The highest BCUT2D eigenvalue weighted by Gasteiger charge is 2.32. The number of Topliss-reactive ketones (excluding diaryl/α,β-unsaturated/α-hetero) is 1. The molecule has 1 aliphatic heterocycles. The van der Waals surface area contributed by atoms with Gasteiger partial charge in [-0.2, -0.15) is 13.2 Å². The van der Waals surface area contributed by atoms with Crippen molar-refractivity contribution in [3.63, 3.8) is 0 Å². The van der Waals surface area contributed by atoms with E-state index in [4.69, 9.17) is 21.1 Å². The number of carbonyl (C=O) groups excluding carboxylic acids is 1. The van der Waals surface area contributed by atoms with Crippen molar-refractivity contribution in [1.82, 2.24) is 4.98 Å². The number of carbonyl (C=O) groups is 2. The quantitative estimate of drug-likeness (QED) is 0.431. The summed E-state index contributed by atoms with van der Waals surface area (Å²) in [6.07, 6.45) is -3.27. The van der Waals surface area contributed by atoms with Gasteiger partial charge in [-0.25, -0.2) is 0 Å². The third-order valence-electron chi connectivity index (χ3n) is 5.29. The van der Waals surface area contributed by atoms with E-state index in [0.717, 1.165) is 12.3 Å². The van der Waals surface area contributed by atoms with E-state index < -0.39 is 23.8 Å². The first kappa shape index (κ1) is 23.6. The van der Waals surface area contributed by atoms with E-state index in [1.54, 1.807) is 12.1 Å². The molecule has 3 aromatic rings. The van der Waals surface area contributed by atoms with Crippen molar-refractivity contribution in [2.75, 3.05) is 6.61 Å². The highest BCUT2D eigenvalue weighted by atomic mass is 35.5. The van der Waals surface area contributed by atoms with Gasteiger partial charge in [-0.1, -0.05) is 17.7 Å². The van der Waals surface area contributed by atoms with Gasteiger partial charge in [0.05, 0.1) is 17.5 Å². The maximum Gasteiger partial charge on any atom is 0.433 e. The highest BCUT2D eigenvalue weighted by Crippen LogP contribution is 2.41. The number of nitrogens with zero attached hydrogens (tertiary/aromatic N) is 1. The smallest absolute Gasteiger partial charge is 0.433 e. The predicted octanol–water partition coefficient (Wildman–Crippen LogP) is 5.92. The summed E-state index contributed by atoms with van der Waals surface area (Å²) in [4.78, 5) is 27.3. The van der Waals surface area contributed by atoms with Crippen LogP contribution in [-0.4, -0.2) is 28.4 Å². The van der Waals surface area contributed by atoms with Crippen molar-refractivity contribution in [1.29, 1.82) is 0 Å². The first-order valence-electron chi connectivity index (χ1n) is 10.1. The van der Waals surface area contributed by atoms with E-state index in [1.165, 1.54) is 30.3 Å². The summed E-state index contributed by atoms with van der Waals surface area (Å²) in [5.41, 5.74) is 0.167. The van der Waals surface area contributed by atoms with Crippen molar-refractivity contribution >= 4 is 23.4 Å². The lowest BCUT2D eigenvalue weighted by Gasteiger charge is -2.24. The molecule has 0 bridgehead atoms. The summed E-state index contributed by atoms with van der Waals surface area (Å²) in [5, 5.41) is 9.60. The van der Waals surface area contributed by atoms with Crippen LogP contribution in [0.4, 0.5) is 13.2 Å². The second-order valence-corrected chi connectivity index (χ2v) is 8.03. The molecule has 34 heavy (non-hydrogen) atoms. The lowest BCUT2D eigenvalue weighted by Crippen LogP contribution is -2.20. The molecular formula is C24H17ClF3NO5. The molecular weight excluding hydrogens is 475 g/mol. The number of halogens is 4. The number of benzene rings is 2. The zero-order valence-corrected chi connectivity index (χ0v) is 18.2. The van der Waals surface area contributed by atoms with Crippen LogP contribution in [0.25, 0.3) is 0 Å². The van der Waals surface area contributed by atoms with Gasteiger partial charge in [0.2, 0.25) is 0 Å². The van der Waals surface area contributed by atoms with Crippen molar-refractivity contribution in [2.45, 2.75) is 24.9 Å². The number of rotatable bonds is 6. The van der Waals surface area contributed by atoms with Crippen LogP contribution < -0.4 is 9.47 Å². The van der Waals surface area contributed by atoms with Crippen LogP contribution in [0.5, 0.6) is 17.2 Å². The molecule has 4 rings (SSSR count). The normalized spacial score (nSPS) is 15.2. The Morgan fingerprint density at radius 1 is 1.15 bits per heavy atom. The van der Waals surface area contributed by atoms with Crippen molar-refractivity contribution in [3.05, 3.63) is 82.1 Å². The Morgan fingerprint density at radius 2 is 1.88 bits per heavy atom. The highest BCUT2D eigenvalue weighted by molar-refractivity contribution is 6.32. The van der Waals surface area contributed by atoms with Gasteiger partial charge in [-0.15, -0.1) is 0 Å². The van der Waals surface area contributed by atoms with E-state index in [2.05, 4.69) is 4.98 Å². The van der Waals surface area contributed by atoms with Gasteiger partial charge in [0.25, 0.3) is 0 Å². The van der Waals surface area contributed by atoms with Gasteiger partial charge >= 0.3 is 12.1 Å². The molecule has 1 aliphatic rings. The summed E-state index contributed by atoms with van der Waals surface area (Å²) in [7, 11) is 0. The monoisotopic (exact) mass is 491 g/mol. The molecule has 1 aromatic heterocycles. The van der Waals surface area contributed by atoms with E-state index in [1.807, 2.05) is 0 Å². The minimum Gasteiger partial charge on any atom is -0.493 e. The van der Waals surface area contributed by atoms with Crippen LogP contribution in [0.15, 0.2) is 54.7 Å². The Labute approximate surface area is 196 Å². The molecule has 1 atom stereocenters. The molecule has 0 aliphatic carbocycles. The standard InChI is InChI=1S/C24H17ClF3NO5/c25-18-10-17-16(23(31)32)7-8-33-20(17)11-21(18)34-15-4-2-14(3-5-15)19(30)9-13-1-6-22(29-12-13)24(26,27)28/h1-6,10-12,16H,7-9H2,(H,31,32). The van der Waals surface area contributed by atoms with Gasteiger partial charge in [0, 0.05) is 29.8 Å². The van der Waals surface area contributed by atoms with Gasteiger partial charge in [-0.3, -0.25) is 14.6 Å². The number of carboxylic acids is 1. The molecule has 2 heterocycles. The summed E-state index contributed by atoms with van der Waals surface area (Å²) >= 11 is 6.29. The van der Waals surface area contributed by atoms with Crippen LogP contribution in [0.3, 0.4) is 0 Å². The summed E-state index contributed by atoms with van der Waals surface area (Å²) in [6.45, 7) is 0.260. The fourth-order valence-electron chi connectivity index (χ4n) is 3.54. The molecule has 0 saturated carbocycles. The number of ketones is 1. The molecule has 0 saturated heterocycles. The van der Waals surface area contributed by atoms with E-state index >= 15 is 0 Å². The van der Waals surface area contributed by atoms with Crippen molar-refractivity contribution in [3.8, 4) is 17.2 Å². The summed E-state index contributed by atoms with van der Waals surface area (Å²) in [5.74, 6) is -0.938. The number of pyridine rings is 1. The van der Waals surface area contributed by atoms with Crippen molar-refractivity contribution < 1.29 is 37.3 Å². The third-order valence-corrected chi connectivity index (χ3v) is 5.58. The fourth-order valence-corrected chi connectivity index (χ4v) is 3.76. The number of hydrogen-bond acceptors (Lipinski definition) is 5. The number of fused-ring (bicyclic) bond motifs is 1. The van der Waals surface area contributed by atoms with E-state index in [-0.39, 0.29) is 29.6 Å². The minimum atomic E-state index is -4.54. The number of hydrogen-bond donors (Lipinski definition) is 1. The molecule has 1 unspecified atom stereocenters. The number of aliphatic carboxylic acids is 1. The average Bonchev–Trinajstić information content (AvgIpc) is 2.79. The second kappa shape index (κ2) is 9.34. The van der Waals surface area contributed by atoms with Crippen LogP contribution in [-0.2, 0) is 17.4 Å². The van der Waals surface area contributed by atoms with Gasteiger partial charge < -0.3 is 14.6 Å². The Hall–Kier alpha value is -3.59. The number of aromatic nitrogens is 1. The maximum absolute atomic E-state index is 12.6. The van der Waals surface area contributed by atoms with E-state index in [9.17, 15) is 27.9 Å². The maximum atomic E-state index is 12.6. The van der Waals surface area contributed by atoms with Gasteiger partial charge in [0.1, 0.15) is 22.9 Å². The molecule has 0 fully saturated rings. The summed E-state index contributed by atoms with van der Waals surface area (Å²) < 4.78 is 49.2. The third kappa shape index (κ3) is 5.14. The van der Waals surface area contributed by atoms with E-state index in [0.29, 0.717) is 34.6 Å². The molecule has 10 heteroatoms. The Balaban J connectivity index is 1.45. The van der Waals surface area contributed by atoms with Crippen molar-refractivity contribution in [2.24, 2.45) is 0 Å². The lowest BCUT2D eigenvalue weighted by molar-refractivity contribution is -0.141. The Bertz CT molecular complexity index is 1230. The van der Waals surface area contributed by atoms with Crippen LogP contribution in [0.2, 0.25) is 5.02 Å². The van der Waals surface area contributed by atoms with Gasteiger partial charge in [0.15, 0.2) is 5.78 Å². The largest absolute Gasteiger partial charge is 0.493 e. The zero-order chi connectivity index (χ0) is 24.5. The molecule has 2 aromatic carbocycles. The van der Waals surface area contributed by atoms with Gasteiger partial charge in [-0.05, 0) is 48.4 Å². The second-order valence-electron chi connectivity index (χ2n) is 7.62. The molecule has 0 amide bonds. The summed E-state index contributed by atoms with van der Waals surface area (Å²) in [6, 6.07) is 11.3. The first-order chi connectivity index (χ1) is 16.1. The Morgan fingerprint density at radius 3 is 2.50 bits per heavy atom. The number of carboxylic acid groups (broad SMARTS) is 1. The Kier molecular flexibility index (Phi) is 6.47. The lowest BCUT2D eigenvalue weighted by atomic mass is 9.93. The topological polar surface area (TPSA) is 85.7 Å². The van der Waals surface area contributed by atoms with Crippen LogP contribution in [0, 0.1) is 0 Å². The zero-order valence-electron chi connectivity index (χ0n) is 17.4. The minimum absolute atomic E-state index is 0.107.